The molecule has 34 heavy (non-hydrogen) atoms. The maximum Gasteiger partial charge on any atom is 0.116 e. The lowest BCUT2D eigenvalue weighted by atomic mass is 9.98. The molecule has 2 N–H and O–H groups in total. The SMILES string of the molecule is C=C[C@@H](O)[C@H](OCc1ccccc1)[C@@H](OCc1ccccc1)[C@@H](O)[C@@H](C)OCc1ccccc1. The lowest BCUT2D eigenvalue weighted by Gasteiger charge is -2.35. The molecule has 3 aromatic rings. The summed E-state index contributed by atoms with van der Waals surface area (Å²) in [4.78, 5) is 0. The molecule has 0 heterocycles. The molecule has 180 valence electrons. The number of hydrogen-bond acceptors (Lipinski definition) is 5. The molecule has 0 aromatic heterocycles. The van der Waals surface area contributed by atoms with Gasteiger partial charge in [-0.2, -0.15) is 0 Å². The normalized spacial score (nSPS) is 15.7. The maximum absolute atomic E-state index is 11.3. The Morgan fingerprint density at radius 3 is 1.44 bits per heavy atom. The molecule has 0 fully saturated rings. The molecule has 0 spiro atoms. The number of benzene rings is 3. The molecule has 0 amide bonds. The van der Waals surface area contributed by atoms with E-state index in [0.717, 1.165) is 16.7 Å². The summed E-state index contributed by atoms with van der Waals surface area (Å²) in [5.74, 6) is 0. The van der Waals surface area contributed by atoms with Gasteiger partial charge in [-0.1, -0.05) is 97.1 Å². The van der Waals surface area contributed by atoms with Gasteiger partial charge >= 0.3 is 0 Å². The van der Waals surface area contributed by atoms with Gasteiger partial charge in [-0.25, -0.2) is 0 Å². The van der Waals surface area contributed by atoms with Crippen molar-refractivity contribution < 1.29 is 24.4 Å². The summed E-state index contributed by atoms with van der Waals surface area (Å²) in [6.07, 6.45) is -2.97. The Morgan fingerprint density at radius 2 is 1.03 bits per heavy atom. The number of aliphatic hydroxyl groups is 2. The molecule has 0 bridgehead atoms. The average molecular weight is 463 g/mol. The summed E-state index contributed by atoms with van der Waals surface area (Å²) < 4.78 is 18.2. The lowest BCUT2D eigenvalue weighted by Crippen LogP contribution is -2.51. The first-order chi connectivity index (χ1) is 16.6. The third kappa shape index (κ3) is 7.90. The van der Waals surface area contributed by atoms with E-state index in [-0.39, 0.29) is 13.2 Å². The first kappa shape index (κ1) is 25.8. The van der Waals surface area contributed by atoms with Gasteiger partial charge in [0, 0.05) is 0 Å². The van der Waals surface area contributed by atoms with Crippen LogP contribution in [0.1, 0.15) is 23.6 Å². The molecule has 3 rings (SSSR count). The fraction of sp³-hybridized carbons (Fsp3) is 0.310. The highest BCUT2D eigenvalue weighted by atomic mass is 16.6. The summed E-state index contributed by atoms with van der Waals surface area (Å²) in [7, 11) is 0. The van der Waals surface area contributed by atoms with Crippen LogP contribution in [-0.2, 0) is 34.0 Å². The fourth-order valence-corrected chi connectivity index (χ4v) is 3.61. The zero-order valence-electron chi connectivity index (χ0n) is 19.6. The molecular formula is C29H34O5. The van der Waals surface area contributed by atoms with E-state index in [9.17, 15) is 10.2 Å². The number of ether oxygens (including phenoxy) is 3. The molecule has 0 aliphatic heterocycles. The van der Waals surface area contributed by atoms with Gasteiger partial charge < -0.3 is 24.4 Å². The van der Waals surface area contributed by atoms with Crippen molar-refractivity contribution >= 4 is 0 Å². The van der Waals surface area contributed by atoms with Crippen LogP contribution in [0.4, 0.5) is 0 Å². The smallest absolute Gasteiger partial charge is 0.116 e. The van der Waals surface area contributed by atoms with Gasteiger partial charge in [0.1, 0.15) is 24.4 Å². The zero-order chi connectivity index (χ0) is 24.2. The molecule has 0 unspecified atom stereocenters. The molecule has 0 aliphatic carbocycles. The largest absolute Gasteiger partial charge is 0.388 e. The Bertz CT molecular complexity index is 948. The van der Waals surface area contributed by atoms with Crippen molar-refractivity contribution in [2.75, 3.05) is 0 Å². The van der Waals surface area contributed by atoms with E-state index < -0.39 is 30.5 Å². The first-order valence-corrected chi connectivity index (χ1v) is 11.5. The van der Waals surface area contributed by atoms with Gasteiger partial charge in [0.25, 0.3) is 0 Å². The zero-order valence-corrected chi connectivity index (χ0v) is 19.6. The second-order valence-electron chi connectivity index (χ2n) is 8.24. The van der Waals surface area contributed by atoms with Crippen LogP contribution >= 0.6 is 0 Å². The molecule has 3 aromatic carbocycles. The van der Waals surface area contributed by atoms with Gasteiger partial charge in [-0.05, 0) is 23.6 Å². The van der Waals surface area contributed by atoms with Crippen LogP contribution in [0.5, 0.6) is 0 Å². The molecular weight excluding hydrogens is 428 g/mol. The molecule has 5 nitrogen and oxygen atoms in total. The second-order valence-corrected chi connectivity index (χ2v) is 8.24. The van der Waals surface area contributed by atoms with Gasteiger partial charge in [0.2, 0.25) is 0 Å². The molecule has 0 saturated carbocycles. The standard InChI is InChI=1S/C29H34O5/c1-3-26(30)28(33-20-24-15-9-5-10-16-24)29(34-21-25-17-11-6-12-18-25)27(31)22(2)32-19-23-13-7-4-8-14-23/h3-18,22,26-31H,1,19-21H2,2H3/t22-,26-,27+,28+,29+/m1/s1. The summed E-state index contributed by atoms with van der Waals surface area (Å²) in [6, 6.07) is 29.1. The highest BCUT2D eigenvalue weighted by Gasteiger charge is 2.37. The van der Waals surface area contributed by atoms with Gasteiger partial charge in [0.15, 0.2) is 0 Å². The van der Waals surface area contributed by atoms with E-state index in [1.165, 1.54) is 6.08 Å². The van der Waals surface area contributed by atoms with Crippen molar-refractivity contribution in [2.24, 2.45) is 0 Å². The van der Waals surface area contributed by atoms with Gasteiger partial charge in [-0.3, -0.25) is 0 Å². The highest BCUT2D eigenvalue weighted by molar-refractivity contribution is 5.15. The van der Waals surface area contributed by atoms with Gasteiger partial charge in [-0.15, -0.1) is 6.58 Å². The second kappa shape index (κ2) is 13.8. The Hall–Kier alpha value is -2.80. The Kier molecular flexibility index (Phi) is 10.5. The number of hydrogen-bond donors (Lipinski definition) is 2. The van der Waals surface area contributed by atoms with Gasteiger partial charge in [0.05, 0.1) is 25.9 Å². The van der Waals surface area contributed by atoms with Crippen molar-refractivity contribution in [3.8, 4) is 0 Å². The van der Waals surface area contributed by atoms with Crippen LogP contribution in [0, 0.1) is 0 Å². The summed E-state index contributed by atoms with van der Waals surface area (Å²) >= 11 is 0. The monoisotopic (exact) mass is 462 g/mol. The third-order valence-corrected chi connectivity index (χ3v) is 5.65. The van der Waals surface area contributed by atoms with Crippen molar-refractivity contribution in [3.63, 3.8) is 0 Å². The summed E-state index contributed by atoms with van der Waals surface area (Å²) in [5, 5.41) is 22.0. The topological polar surface area (TPSA) is 68.2 Å². The Balaban J connectivity index is 1.75. The van der Waals surface area contributed by atoms with Crippen LogP contribution in [-0.4, -0.2) is 40.7 Å². The lowest BCUT2D eigenvalue weighted by molar-refractivity contribution is -0.182. The molecule has 5 atom stereocenters. The molecule has 5 heteroatoms. The quantitative estimate of drug-likeness (QED) is 0.341. The summed E-state index contributed by atoms with van der Waals surface area (Å²) in [5.41, 5.74) is 2.91. The van der Waals surface area contributed by atoms with Crippen LogP contribution in [0.2, 0.25) is 0 Å². The van der Waals surface area contributed by atoms with E-state index in [2.05, 4.69) is 6.58 Å². The number of aliphatic hydroxyl groups excluding tert-OH is 2. The molecule has 0 aliphatic rings. The van der Waals surface area contributed by atoms with Crippen molar-refractivity contribution in [2.45, 2.75) is 57.3 Å². The van der Waals surface area contributed by atoms with E-state index in [0.29, 0.717) is 6.61 Å². The third-order valence-electron chi connectivity index (χ3n) is 5.65. The van der Waals surface area contributed by atoms with E-state index in [4.69, 9.17) is 14.2 Å². The molecule has 0 radical (unpaired) electrons. The van der Waals surface area contributed by atoms with Crippen LogP contribution in [0.3, 0.4) is 0 Å². The Morgan fingerprint density at radius 1 is 0.647 bits per heavy atom. The predicted octanol–water partition coefficient (Wildman–Crippen LogP) is 4.67. The summed E-state index contributed by atoms with van der Waals surface area (Å²) in [6.45, 7) is 6.37. The van der Waals surface area contributed by atoms with E-state index >= 15 is 0 Å². The Labute approximate surface area is 202 Å². The van der Waals surface area contributed by atoms with E-state index in [1.54, 1.807) is 6.92 Å². The minimum Gasteiger partial charge on any atom is -0.388 e. The first-order valence-electron chi connectivity index (χ1n) is 11.5. The predicted molar refractivity (Wildman–Crippen MR) is 133 cm³/mol. The van der Waals surface area contributed by atoms with Crippen molar-refractivity contribution in [1.82, 2.24) is 0 Å². The van der Waals surface area contributed by atoms with E-state index in [1.807, 2.05) is 91.0 Å². The maximum atomic E-state index is 11.3. The average Bonchev–Trinajstić information content (AvgIpc) is 2.90. The number of rotatable bonds is 14. The minimum atomic E-state index is -1.05. The van der Waals surface area contributed by atoms with Crippen LogP contribution in [0.25, 0.3) is 0 Å². The van der Waals surface area contributed by atoms with Crippen LogP contribution < -0.4 is 0 Å². The van der Waals surface area contributed by atoms with Crippen molar-refractivity contribution in [1.29, 1.82) is 0 Å². The van der Waals surface area contributed by atoms with Crippen molar-refractivity contribution in [3.05, 3.63) is 120 Å². The minimum absolute atomic E-state index is 0.253. The highest BCUT2D eigenvalue weighted by Crippen LogP contribution is 2.22. The molecule has 0 saturated heterocycles. The van der Waals surface area contributed by atoms with Crippen LogP contribution in [0.15, 0.2) is 104 Å². The fourth-order valence-electron chi connectivity index (χ4n) is 3.61.